The van der Waals surface area contributed by atoms with Crippen molar-refractivity contribution in [3.8, 4) is 0 Å². The average molecular weight is 1010 g/mol. The number of aliphatic hydroxyl groups is 1. The van der Waals surface area contributed by atoms with Crippen LogP contribution in [-0.4, -0.2) is 66.5 Å². The zero-order chi connectivity index (χ0) is 51.3. The molecule has 0 heterocycles. The lowest BCUT2D eigenvalue weighted by Crippen LogP contribution is -2.30. The standard InChI is InChI=1S/C58H105O11P/c1-4-7-10-13-16-19-21-23-25-27-29-31-33-36-38-41-44-47-56(60)65-51-55(69-58(62)49-46-43-40-37-34-32-30-28-26-24-22-20-17-14-11-8-5-2)53-67-70(63,64)66-52-54(50-59)68-57(61)48-45-42-39-35-18-15-12-9-6-3/h7,10,16,19,23,25,29,31,54-55,59H,4-6,8-9,11-15,17-18,20-22,24,26-28,30,32-53H2,1-3H3,(H,63,64)/b10-7-,19-16-,25-23-,31-29-. The Balaban J connectivity index is 4.73. The van der Waals surface area contributed by atoms with Crippen molar-refractivity contribution in [2.24, 2.45) is 0 Å². The molecule has 0 amide bonds. The zero-order valence-electron chi connectivity index (χ0n) is 45.0. The van der Waals surface area contributed by atoms with Gasteiger partial charge in [0.05, 0.1) is 19.8 Å². The fourth-order valence-corrected chi connectivity index (χ4v) is 8.72. The Kier molecular flexibility index (Phi) is 50.8. The molecular formula is C58H105O11P. The second-order valence-electron chi connectivity index (χ2n) is 19.1. The van der Waals surface area contributed by atoms with Gasteiger partial charge in [0.25, 0.3) is 0 Å². The summed E-state index contributed by atoms with van der Waals surface area (Å²) in [5.74, 6) is -1.48. The number of rotatable bonds is 53. The molecule has 0 radical (unpaired) electrons. The van der Waals surface area contributed by atoms with E-state index in [2.05, 4.69) is 69.4 Å². The molecule has 0 rings (SSSR count). The van der Waals surface area contributed by atoms with Gasteiger partial charge in [-0.2, -0.15) is 0 Å². The molecule has 0 saturated carbocycles. The minimum absolute atomic E-state index is 0.167. The molecule has 3 unspecified atom stereocenters. The Hall–Kier alpha value is -2.56. The van der Waals surface area contributed by atoms with E-state index in [9.17, 15) is 28.9 Å². The lowest BCUT2D eigenvalue weighted by molar-refractivity contribution is -0.161. The van der Waals surface area contributed by atoms with Crippen molar-refractivity contribution in [3.63, 3.8) is 0 Å². The van der Waals surface area contributed by atoms with Gasteiger partial charge in [-0.1, -0.05) is 236 Å². The highest BCUT2D eigenvalue weighted by atomic mass is 31.2. The van der Waals surface area contributed by atoms with Crippen molar-refractivity contribution in [1.29, 1.82) is 0 Å². The van der Waals surface area contributed by atoms with Gasteiger partial charge >= 0.3 is 25.7 Å². The number of aliphatic hydroxyl groups excluding tert-OH is 1. The van der Waals surface area contributed by atoms with E-state index in [1.807, 2.05) is 0 Å². The van der Waals surface area contributed by atoms with E-state index in [4.69, 9.17) is 23.3 Å². The number of esters is 3. The molecule has 11 nitrogen and oxygen atoms in total. The summed E-state index contributed by atoms with van der Waals surface area (Å²) in [6, 6.07) is 0. The van der Waals surface area contributed by atoms with Crippen LogP contribution in [0.5, 0.6) is 0 Å². The second kappa shape index (κ2) is 52.8. The van der Waals surface area contributed by atoms with Gasteiger partial charge in [0.1, 0.15) is 12.7 Å². The first-order valence-corrected chi connectivity index (χ1v) is 30.0. The number of carbonyl (C=O) groups is 3. The normalized spacial score (nSPS) is 13.7. The van der Waals surface area contributed by atoms with Crippen LogP contribution in [0.15, 0.2) is 48.6 Å². The van der Waals surface area contributed by atoms with Crippen LogP contribution < -0.4 is 0 Å². The molecule has 12 heteroatoms. The molecule has 70 heavy (non-hydrogen) atoms. The van der Waals surface area contributed by atoms with Crippen molar-refractivity contribution >= 4 is 25.7 Å². The fourth-order valence-electron chi connectivity index (χ4n) is 7.94. The van der Waals surface area contributed by atoms with Gasteiger partial charge in [-0.3, -0.25) is 23.4 Å². The summed E-state index contributed by atoms with van der Waals surface area (Å²) < 4.78 is 39.4. The first kappa shape index (κ1) is 67.4. The van der Waals surface area contributed by atoms with E-state index >= 15 is 0 Å². The first-order valence-electron chi connectivity index (χ1n) is 28.5. The molecule has 0 aromatic heterocycles. The average Bonchev–Trinajstić information content (AvgIpc) is 3.35. The summed E-state index contributed by atoms with van der Waals surface area (Å²) in [5, 5.41) is 9.77. The number of phosphoric ester groups is 1. The Bertz CT molecular complexity index is 1360. The number of carbonyl (C=O) groups excluding carboxylic acids is 3. The molecule has 0 bridgehead atoms. The van der Waals surface area contributed by atoms with Gasteiger partial charge in [-0.05, 0) is 57.8 Å². The van der Waals surface area contributed by atoms with Gasteiger partial charge in [-0.15, -0.1) is 0 Å². The topological polar surface area (TPSA) is 155 Å². The van der Waals surface area contributed by atoms with E-state index in [0.29, 0.717) is 19.3 Å². The van der Waals surface area contributed by atoms with E-state index in [0.717, 1.165) is 89.9 Å². The van der Waals surface area contributed by atoms with Gasteiger partial charge < -0.3 is 24.2 Å². The summed E-state index contributed by atoms with van der Waals surface area (Å²) in [5.41, 5.74) is 0. The number of hydrogen-bond acceptors (Lipinski definition) is 10. The number of phosphoric acid groups is 1. The quantitative estimate of drug-likeness (QED) is 0.0197. The maximum atomic E-state index is 12.9. The Morgan fingerprint density at radius 2 is 0.743 bits per heavy atom. The largest absolute Gasteiger partial charge is 0.472 e. The van der Waals surface area contributed by atoms with Crippen LogP contribution in [0.4, 0.5) is 0 Å². The molecule has 0 saturated heterocycles. The SMILES string of the molecule is CC/C=C\C/C=C\C/C=C\C/C=C\CCCCCCC(=O)OCC(COP(=O)(O)OCC(CO)OC(=O)CCCCCCCCCCC)OC(=O)CCCCCCCCCCCCCCCCCCC. The van der Waals surface area contributed by atoms with Crippen LogP contribution >= 0.6 is 7.82 Å². The Morgan fingerprint density at radius 1 is 0.414 bits per heavy atom. The third-order valence-electron chi connectivity index (χ3n) is 12.3. The molecule has 0 fully saturated rings. The lowest BCUT2D eigenvalue weighted by Gasteiger charge is -2.21. The van der Waals surface area contributed by atoms with Crippen LogP contribution in [0.25, 0.3) is 0 Å². The summed E-state index contributed by atoms with van der Waals surface area (Å²) in [4.78, 5) is 48.4. The van der Waals surface area contributed by atoms with Crippen LogP contribution in [0, 0.1) is 0 Å². The van der Waals surface area contributed by atoms with Crippen molar-refractivity contribution in [2.45, 2.75) is 277 Å². The molecule has 2 N–H and O–H groups in total. The maximum Gasteiger partial charge on any atom is 0.472 e. The van der Waals surface area contributed by atoms with E-state index < -0.39 is 57.8 Å². The van der Waals surface area contributed by atoms with Crippen LogP contribution in [-0.2, 0) is 42.2 Å². The molecule has 3 atom stereocenters. The minimum atomic E-state index is -4.74. The van der Waals surface area contributed by atoms with E-state index in [1.54, 1.807) is 0 Å². The summed E-state index contributed by atoms with van der Waals surface area (Å²) in [7, 11) is -4.74. The minimum Gasteiger partial charge on any atom is -0.462 e. The monoisotopic (exact) mass is 1010 g/mol. The highest BCUT2D eigenvalue weighted by molar-refractivity contribution is 7.47. The van der Waals surface area contributed by atoms with Crippen LogP contribution in [0.3, 0.4) is 0 Å². The summed E-state index contributed by atoms with van der Waals surface area (Å²) in [6.07, 6.45) is 55.1. The molecular weight excluding hydrogens is 904 g/mol. The van der Waals surface area contributed by atoms with Gasteiger partial charge in [0.2, 0.25) is 0 Å². The molecule has 0 aliphatic carbocycles. The summed E-state index contributed by atoms with van der Waals surface area (Å²) in [6.45, 7) is 4.51. The lowest BCUT2D eigenvalue weighted by atomic mass is 10.0. The van der Waals surface area contributed by atoms with Crippen molar-refractivity contribution in [3.05, 3.63) is 48.6 Å². The third kappa shape index (κ3) is 50.4. The van der Waals surface area contributed by atoms with Crippen molar-refractivity contribution in [1.82, 2.24) is 0 Å². The van der Waals surface area contributed by atoms with E-state index in [-0.39, 0.29) is 25.9 Å². The predicted octanol–water partition coefficient (Wildman–Crippen LogP) is 16.6. The number of allylic oxidation sites excluding steroid dienone is 8. The zero-order valence-corrected chi connectivity index (χ0v) is 45.9. The van der Waals surface area contributed by atoms with Crippen LogP contribution in [0.2, 0.25) is 0 Å². The number of unbranched alkanes of at least 4 members (excludes halogenated alkanes) is 28. The Labute approximate surface area is 428 Å². The van der Waals surface area contributed by atoms with Crippen molar-refractivity contribution < 1.29 is 52.2 Å². The fraction of sp³-hybridized carbons (Fsp3) is 0.810. The van der Waals surface area contributed by atoms with Gasteiger partial charge in [0, 0.05) is 19.3 Å². The number of ether oxygens (including phenoxy) is 3. The smallest absolute Gasteiger partial charge is 0.462 e. The first-order chi connectivity index (χ1) is 34.2. The van der Waals surface area contributed by atoms with Crippen LogP contribution in [0.1, 0.15) is 265 Å². The van der Waals surface area contributed by atoms with Gasteiger partial charge in [-0.25, -0.2) is 4.57 Å². The highest BCUT2D eigenvalue weighted by Crippen LogP contribution is 2.43. The molecule has 0 aromatic rings. The maximum absolute atomic E-state index is 12.9. The van der Waals surface area contributed by atoms with Gasteiger partial charge in [0.15, 0.2) is 6.10 Å². The molecule has 0 spiro atoms. The molecule has 408 valence electrons. The summed E-state index contributed by atoms with van der Waals surface area (Å²) >= 11 is 0. The molecule has 0 aliphatic rings. The third-order valence-corrected chi connectivity index (χ3v) is 13.2. The van der Waals surface area contributed by atoms with E-state index in [1.165, 1.54) is 116 Å². The highest BCUT2D eigenvalue weighted by Gasteiger charge is 2.28. The second-order valence-corrected chi connectivity index (χ2v) is 20.5. The Morgan fingerprint density at radius 3 is 1.14 bits per heavy atom. The predicted molar refractivity (Wildman–Crippen MR) is 289 cm³/mol. The molecule has 0 aliphatic heterocycles. The van der Waals surface area contributed by atoms with Crippen molar-refractivity contribution in [2.75, 3.05) is 26.4 Å². The number of hydrogen-bond donors (Lipinski definition) is 2. The molecule has 0 aromatic carbocycles.